The van der Waals surface area contributed by atoms with Gasteiger partial charge in [-0.3, -0.25) is 0 Å². The normalized spacial score (nSPS) is 13.2. The zero-order chi connectivity index (χ0) is 13.9. The minimum Gasteiger partial charge on any atom is -0.329 e. The molecular formula is C15H17NO2S. The van der Waals surface area contributed by atoms with Gasteiger partial charge in [0.25, 0.3) is 0 Å². The molecule has 0 bridgehead atoms. The van der Waals surface area contributed by atoms with Gasteiger partial charge in [-0.25, -0.2) is 8.42 Å². The fraction of sp³-hybridized carbons (Fsp3) is 0.200. The highest BCUT2D eigenvalue weighted by atomic mass is 32.2. The summed E-state index contributed by atoms with van der Waals surface area (Å²) in [7, 11) is -3.44. The fourth-order valence-corrected chi connectivity index (χ4v) is 3.63. The highest BCUT2D eigenvalue weighted by molar-refractivity contribution is 7.91. The van der Waals surface area contributed by atoms with Gasteiger partial charge in [-0.1, -0.05) is 48.0 Å². The molecule has 19 heavy (non-hydrogen) atoms. The Kier molecular flexibility index (Phi) is 4.02. The summed E-state index contributed by atoms with van der Waals surface area (Å²) in [5.74, 6) is 0. The van der Waals surface area contributed by atoms with E-state index in [1.165, 1.54) is 0 Å². The quantitative estimate of drug-likeness (QED) is 0.932. The van der Waals surface area contributed by atoms with Crippen molar-refractivity contribution in [2.24, 2.45) is 5.73 Å². The van der Waals surface area contributed by atoms with Crippen LogP contribution < -0.4 is 5.73 Å². The van der Waals surface area contributed by atoms with Crippen LogP contribution in [-0.2, 0) is 9.84 Å². The van der Waals surface area contributed by atoms with Crippen LogP contribution in [0.2, 0.25) is 0 Å². The lowest BCUT2D eigenvalue weighted by molar-refractivity contribution is 0.582. The van der Waals surface area contributed by atoms with Gasteiger partial charge in [-0.2, -0.15) is 0 Å². The van der Waals surface area contributed by atoms with Gasteiger partial charge in [0, 0.05) is 6.54 Å². The second-order valence-corrected chi connectivity index (χ2v) is 6.62. The van der Waals surface area contributed by atoms with Gasteiger partial charge >= 0.3 is 0 Å². The van der Waals surface area contributed by atoms with Crippen molar-refractivity contribution in [3.63, 3.8) is 0 Å². The van der Waals surface area contributed by atoms with E-state index in [-0.39, 0.29) is 6.54 Å². The predicted molar refractivity (Wildman–Crippen MR) is 76.6 cm³/mol. The van der Waals surface area contributed by atoms with Crippen LogP contribution in [0.1, 0.15) is 16.4 Å². The molecule has 0 radical (unpaired) electrons. The first kappa shape index (κ1) is 13.8. The average molecular weight is 275 g/mol. The first-order valence-electron chi connectivity index (χ1n) is 6.11. The lowest BCUT2D eigenvalue weighted by Crippen LogP contribution is -2.22. The monoisotopic (exact) mass is 275 g/mol. The predicted octanol–water partition coefficient (Wildman–Crippen LogP) is 2.47. The Morgan fingerprint density at radius 3 is 2.11 bits per heavy atom. The van der Waals surface area contributed by atoms with Gasteiger partial charge in [0.2, 0.25) is 0 Å². The van der Waals surface area contributed by atoms with Crippen LogP contribution in [0.15, 0.2) is 59.5 Å². The molecule has 0 fully saturated rings. The number of hydrogen-bond acceptors (Lipinski definition) is 3. The van der Waals surface area contributed by atoms with Crippen molar-refractivity contribution in [1.29, 1.82) is 0 Å². The van der Waals surface area contributed by atoms with Crippen molar-refractivity contribution < 1.29 is 8.42 Å². The highest BCUT2D eigenvalue weighted by Gasteiger charge is 2.27. The van der Waals surface area contributed by atoms with Crippen LogP contribution in [0.25, 0.3) is 0 Å². The van der Waals surface area contributed by atoms with E-state index in [0.29, 0.717) is 4.90 Å². The molecule has 0 aliphatic rings. The summed E-state index contributed by atoms with van der Waals surface area (Å²) in [6, 6.07) is 15.9. The maximum absolute atomic E-state index is 12.6. The van der Waals surface area contributed by atoms with Crippen LogP contribution in [-0.4, -0.2) is 15.0 Å². The third-order valence-corrected chi connectivity index (χ3v) is 5.25. The summed E-state index contributed by atoms with van der Waals surface area (Å²) in [5, 5.41) is -0.699. The molecule has 0 amide bonds. The van der Waals surface area contributed by atoms with Crippen molar-refractivity contribution >= 4 is 9.84 Å². The molecule has 1 atom stereocenters. The molecule has 2 aromatic rings. The van der Waals surface area contributed by atoms with E-state index in [4.69, 9.17) is 5.73 Å². The average Bonchev–Trinajstić information content (AvgIpc) is 2.42. The molecule has 1 unspecified atom stereocenters. The molecule has 2 aromatic carbocycles. The first-order valence-corrected chi connectivity index (χ1v) is 7.66. The Labute approximate surface area is 114 Å². The summed E-state index contributed by atoms with van der Waals surface area (Å²) in [4.78, 5) is 0.311. The lowest BCUT2D eigenvalue weighted by Gasteiger charge is -2.16. The van der Waals surface area contributed by atoms with Gasteiger partial charge in [0.05, 0.1) is 4.90 Å². The number of sulfone groups is 1. The van der Waals surface area contributed by atoms with Crippen LogP contribution in [0.3, 0.4) is 0 Å². The summed E-state index contributed by atoms with van der Waals surface area (Å²) >= 11 is 0. The molecule has 0 saturated heterocycles. The Hall–Kier alpha value is -1.65. The molecule has 0 aliphatic heterocycles. The third kappa shape index (κ3) is 2.85. The SMILES string of the molecule is Cc1ccc(C(CN)S(=O)(=O)c2ccccc2)cc1. The first-order chi connectivity index (χ1) is 9.05. The van der Waals surface area contributed by atoms with E-state index >= 15 is 0 Å². The molecule has 0 spiro atoms. The van der Waals surface area contributed by atoms with Gasteiger partial charge in [0.1, 0.15) is 5.25 Å². The minimum atomic E-state index is -3.44. The number of aryl methyl sites for hydroxylation is 1. The van der Waals surface area contributed by atoms with Crippen LogP contribution >= 0.6 is 0 Å². The Bertz CT molecular complexity index is 634. The van der Waals surface area contributed by atoms with E-state index in [1.807, 2.05) is 31.2 Å². The summed E-state index contributed by atoms with van der Waals surface area (Å²) in [6.45, 7) is 2.03. The fourth-order valence-electron chi connectivity index (χ4n) is 2.00. The number of nitrogens with two attached hydrogens (primary N) is 1. The van der Waals surface area contributed by atoms with E-state index in [2.05, 4.69) is 0 Å². The molecule has 0 heterocycles. The molecular weight excluding hydrogens is 258 g/mol. The van der Waals surface area contributed by atoms with Crippen molar-refractivity contribution in [2.45, 2.75) is 17.1 Å². The zero-order valence-electron chi connectivity index (χ0n) is 10.8. The molecule has 0 aliphatic carbocycles. The van der Waals surface area contributed by atoms with E-state index < -0.39 is 15.1 Å². The van der Waals surface area contributed by atoms with Gasteiger partial charge < -0.3 is 5.73 Å². The van der Waals surface area contributed by atoms with E-state index in [0.717, 1.165) is 11.1 Å². The lowest BCUT2D eigenvalue weighted by atomic mass is 10.1. The maximum atomic E-state index is 12.6. The number of hydrogen-bond donors (Lipinski definition) is 1. The topological polar surface area (TPSA) is 60.2 Å². The summed E-state index contributed by atoms with van der Waals surface area (Å²) in [5.41, 5.74) is 7.51. The molecule has 0 aromatic heterocycles. The smallest absolute Gasteiger partial charge is 0.186 e. The van der Waals surface area contributed by atoms with Crippen molar-refractivity contribution in [1.82, 2.24) is 0 Å². The molecule has 2 rings (SSSR count). The second-order valence-electron chi connectivity index (χ2n) is 4.49. The van der Waals surface area contributed by atoms with Crippen molar-refractivity contribution in [3.05, 3.63) is 65.7 Å². The third-order valence-electron chi connectivity index (χ3n) is 3.11. The van der Waals surface area contributed by atoms with Crippen molar-refractivity contribution in [3.8, 4) is 0 Å². The minimum absolute atomic E-state index is 0.0697. The summed E-state index contributed by atoms with van der Waals surface area (Å²) in [6.07, 6.45) is 0. The Morgan fingerprint density at radius 1 is 1.00 bits per heavy atom. The highest BCUT2D eigenvalue weighted by Crippen LogP contribution is 2.28. The molecule has 0 saturated carbocycles. The van der Waals surface area contributed by atoms with Crippen molar-refractivity contribution in [2.75, 3.05) is 6.54 Å². The molecule has 100 valence electrons. The van der Waals surface area contributed by atoms with E-state index in [9.17, 15) is 8.42 Å². The molecule has 3 nitrogen and oxygen atoms in total. The summed E-state index contributed by atoms with van der Waals surface area (Å²) < 4.78 is 25.1. The van der Waals surface area contributed by atoms with Gasteiger partial charge in [-0.15, -0.1) is 0 Å². The number of rotatable bonds is 4. The largest absolute Gasteiger partial charge is 0.329 e. The Morgan fingerprint density at radius 2 is 1.58 bits per heavy atom. The number of benzene rings is 2. The molecule has 4 heteroatoms. The van der Waals surface area contributed by atoms with Crippen LogP contribution in [0, 0.1) is 6.92 Å². The van der Waals surface area contributed by atoms with Gasteiger partial charge in [-0.05, 0) is 24.6 Å². The Balaban J connectivity index is 2.45. The standard InChI is InChI=1S/C15H17NO2S/c1-12-7-9-13(10-8-12)15(11-16)19(17,18)14-5-3-2-4-6-14/h2-10,15H,11,16H2,1H3. The maximum Gasteiger partial charge on any atom is 0.186 e. The zero-order valence-corrected chi connectivity index (χ0v) is 11.6. The van der Waals surface area contributed by atoms with E-state index in [1.54, 1.807) is 30.3 Å². The van der Waals surface area contributed by atoms with Gasteiger partial charge in [0.15, 0.2) is 9.84 Å². The van der Waals surface area contributed by atoms with Crippen LogP contribution in [0.4, 0.5) is 0 Å². The molecule has 2 N–H and O–H groups in total. The second kappa shape index (κ2) is 5.55. The van der Waals surface area contributed by atoms with Crippen LogP contribution in [0.5, 0.6) is 0 Å².